The summed E-state index contributed by atoms with van der Waals surface area (Å²) in [6.45, 7) is 20.8. The van der Waals surface area contributed by atoms with Crippen LogP contribution in [0.1, 0.15) is 90.3 Å². The van der Waals surface area contributed by atoms with Crippen LogP contribution in [0.5, 0.6) is 5.75 Å². The van der Waals surface area contributed by atoms with E-state index in [2.05, 4.69) is 86.6 Å². The number of rotatable bonds is 5. The average molecular weight is 739 g/mol. The largest absolute Gasteiger partial charge is 0.490 e. The molecule has 2 nitrogen and oxygen atoms in total. The molecule has 1 aliphatic heterocycles. The van der Waals surface area contributed by atoms with Gasteiger partial charge in [0.05, 0.1) is 6.61 Å². The first-order chi connectivity index (χ1) is 21.0. The molecule has 2 aliphatic rings. The van der Waals surface area contributed by atoms with E-state index in [-0.39, 0.29) is 14.9 Å². The Kier molecular flexibility index (Phi) is 20.4. The summed E-state index contributed by atoms with van der Waals surface area (Å²) < 4.78 is 10.4. The third-order valence-electron chi connectivity index (χ3n) is 7.29. The van der Waals surface area contributed by atoms with E-state index in [1.807, 2.05) is 57.5 Å². The van der Waals surface area contributed by atoms with Gasteiger partial charge in [0, 0.05) is 67.4 Å². The summed E-state index contributed by atoms with van der Waals surface area (Å²) in [5.41, 5.74) is 4.75. The van der Waals surface area contributed by atoms with Gasteiger partial charge in [-0.2, -0.15) is 0 Å². The van der Waals surface area contributed by atoms with E-state index in [4.69, 9.17) is 9.47 Å². The Morgan fingerprint density at radius 1 is 0.652 bits per heavy atom. The maximum absolute atomic E-state index is 5.48. The Morgan fingerprint density at radius 2 is 1.17 bits per heavy atom. The first-order valence-electron chi connectivity index (χ1n) is 15.4. The molecule has 258 valence electrons. The van der Waals surface area contributed by atoms with E-state index in [1.54, 1.807) is 49.1 Å². The second kappa shape index (κ2) is 21.9. The quantitative estimate of drug-likeness (QED) is 0.190. The third kappa shape index (κ3) is 12.8. The molecular formula is C38H58O2S6. The van der Waals surface area contributed by atoms with Crippen LogP contribution in [0.4, 0.5) is 0 Å². The summed E-state index contributed by atoms with van der Waals surface area (Å²) in [6, 6.07) is 4.29. The van der Waals surface area contributed by atoms with Crippen LogP contribution in [-0.4, -0.2) is 31.8 Å². The highest BCUT2D eigenvalue weighted by molar-refractivity contribution is 8.06. The van der Waals surface area contributed by atoms with E-state index in [1.165, 1.54) is 72.0 Å². The molecule has 0 bridgehead atoms. The van der Waals surface area contributed by atoms with E-state index in [0.29, 0.717) is 13.2 Å². The Morgan fingerprint density at radius 3 is 1.61 bits per heavy atom. The maximum Gasteiger partial charge on any atom is 0.133 e. The molecule has 6 rings (SSSR count). The summed E-state index contributed by atoms with van der Waals surface area (Å²) in [5, 5.41) is 0. The van der Waals surface area contributed by atoms with Crippen LogP contribution in [0.15, 0.2) is 28.0 Å². The normalized spacial score (nSPS) is 13.0. The fourth-order valence-corrected chi connectivity index (χ4v) is 12.3. The number of thioether (sulfide) groups is 2. The van der Waals surface area contributed by atoms with Crippen LogP contribution < -0.4 is 4.74 Å². The summed E-state index contributed by atoms with van der Waals surface area (Å²) in [4.78, 5) is 14.6. The smallest absolute Gasteiger partial charge is 0.133 e. The van der Waals surface area contributed by atoms with Gasteiger partial charge in [-0.05, 0) is 123 Å². The highest BCUT2D eigenvalue weighted by Crippen LogP contribution is 2.45. The molecule has 46 heavy (non-hydrogen) atoms. The number of hydrogen-bond donors (Lipinski definition) is 0. The molecule has 5 heterocycles. The van der Waals surface area contributed by atoms with Gasteiger partial charge >= 0.3 is 0 Å². The molecule has 0 aromatic carbocycles. The van der Waals surface area contributed by atoms with Gasteiger partial charge in [-0.1, -0.05) is 20.9 Å². The number of methoxy groups -OCH3 is 1. The van der Waals surface area contributed by atoms with Crippen molar-refractivity contribution in [3.63, 3.8) is 0 Å². The van der Waals surface area contributed by atoms with Crippen molar-refractivity contribution in [3.05, 3.63) is 73.9 Å². The van der Waals surface area contributed by atoms with Gasteiger partial charge in [0.2, 0.25) is 0 Å². The Labute approximate surface area is 306 Å². The maximum atomic E-state index is 5.48. The summed E-state index contributed by atoms with van der Waals surface area (Å²) in [5.74, 6) is 3.57. The molecule has 0 N–H and O–H groups in total. The van der Waals surface area contributed by atoms with Crippen LogP contribution in [0, 0.1) is 55.4 Å². The lowest BCUT2D eigenvalue weighted by molar-refractivity contribution is 0.146. The molecule has 0 saturated heterocycles. The standard InChI is InChI=1S/C10H14S.C9H14O2S.C9H12S.C8H10S3.2CH4/c1-7-9-5-3-4-6-10(9)8(2)11-7;1-7-6-9(8(2)12-7)11-5-4-10-3;1-4-5-9-7(2)6-8(3)10-9;1-5-7-8(6(2)11-5)10-4-3-9-7;;/h3-6H2,1-2H3;6H,4-5H2,1-3H3;4-6H,1-3H3;3-4H2,1-2H3;2*1H4/b;;5-4+;;;. The Hall–Kier alpha value is -1.000. The number of thiophene rings is 4. The fourth-order valence-electron chi connectivity index (χ4n) is 5.26. The van der Waals surface area contributed by atoms with Crippen molar-refractivity contribution in [2.24, 2.45) is 0 Å². The number of ether oxygens (including phenoxy) is 2. The van der Waals surface area contributed by atoms with Gasteiger partial charge in [-0.25, -0.2) is 0 Å². The SMILES string of the molecule is C.C.C/C=C/c1sc(C)cc1C.COCCOc1cc(C)sc1C.Cc1sc(C)c2c1CCCC2.Cc1sc(C)c2c1SCCS2. The highest BCUT2D eigenvalue weighted by Gasteiger charge is 2.17. The van der Waals surface area contributed by atoms with Crippen molar-refractivity contribution in [3.8, 4) is 5.75 Å². The summed E-state index contributed by atoms with van der Waals surface area (Å²) in [6.07, 6.45) is 9.73. The molecule has 0 fully saturated rings. The summed E-state index contributed by atoms with van der Waals surface area (Å²) in [7, 11) is 1.68. The first-order valence-corrected chi connectivity index (χ1v) is 20.6. The van der Waals surface area contributed by atoms with Crippen molar-refractivity contribution in [1.29, 1.82) is 0 Å². The molecule has 0 atom stereocenters. The molecule has 0 amide bonds. The lowest BCUT2D eigenvalue weighted by Gasteiger charge is -2.12. The topological polar surface area (TPSA) is 18.5 Å². The van der Waals surface area contributed by atoms with Crippen molar-refractivity contribution >= 4 is 74.9 Å². The second-order valence-corrected chi connectivity index (χ2v) is 18.8. The van der Waals surface area contributed by atoms with E-state index in [9.17, 15) is 0 Å². The molecule has 1 aliphatic carbocycles. The number of allylic oxidation sites excluding steroid dienone is 1. The van der Waals surface area contributed by atoms with E-state index >= 15 is 0 Å². The van der Waals surface area contributed by atoms with Crippen LogP contribution in [-0.2, 0) is 17.6 Å². The third-order valence-corrected chi connectivity index (χ3v) is 14.5. The van der Waals surface area contributed by atoms with Gasteiger partial charge in [0.1, 0.15) is 12.4 Å². The predicted molar refractivity (Wildman–Crippen MR) is 219 cm³/mol. The highest BCUT2D eigenvalue weighted by atomic mass is 32.2. The molecule has 8 heteroatoms. The van der Waals surface area contributed by atoms with Crippen LogP contribution in [0.3, 0.4) is 0 Å². The van der Waals surface area contributed by atoms with Gasteiger partial charge in [-0.15, -0.1) is 68.9 Å². The van der Waals surface area contributed by atoms with E-state index in [0.717, 1.165) is 5.75 Å². The zero-order valence-electron chi connectivity index (χ0n) is 28.2. The second-order valence-electron chi connectivity index (χ2n) is 11.0. The predicted octanol–water partition coefficient (Wildman–Crippen LogP) is 13.9. The van der Waals surface area contributed by atoms with Crippen molar-refractivity contribution < 1.29 is 9.47 Å². The fraction of sp³-hybridized carbons (Fsp3) is 0.526. The number of hydrogen-bond acceptors (Lipinski definition) is 8. The molecule has 4 aromatic rings. The van der Waals surface area contributed by atoms with Crippen LogP contribution in [0.25, 0.3) is 6.08 Å². The zero-order chi connectivity index (χ0) is 32.2. The Balaban J connectivity index is 0.000000303. The monoisotopic (exact) mass is 738 g/mol. The molecule has 0 spiro atoms. The van der Waals surface area contributed by atoms with Gasteiger partial charge < -0.3 is 9.47 Å². The lowest BCUT2D eigenvalue weighted by atomic mass is 9.92. The molecular weight excluding hydrogens is 681 g/mol. The van der Waals surface area contributed by atoms with Gasteiger partial charge in [0.25, 0.3) is 0 Å². The molecule has 0 radical (unpaired) electrons. The van der Waals surface area contributed by atoms with Crippen molar-refractivity contribution in [2.45, 2.75) is 113 Å². The minimum atomic E-state index is 0. The number of aryl methyl sites for hydroxylation is 8. The van der Waals surface area contributed by atoms with Crippen LogP contribution >= 0.6 is 68.9 Å². The van der Waals surface area contributed by atoms with Crippen molar-refractivity contribution in [1.82, 2.24) is 0 Å². The lowest BCUT2D eigenvalue weighted by Crippen LogP contribution is -2.03. The number of fused-ring (bicyclic) bond motifs is 2. The average Bonchev–Trinajstić information content (AvgIpc) is 3.69. The van der Waals surface area contributed by atoms with Crippen molar-refractivity contribution in [2.75, 3.05) is 31.8 Å². The Bertz CT molecular complexity index is 1370. The molecule has 0 saturated carbocycles. The van der Waals surface area contributed by atoms with Gasteiger partial charge in [0.15, 0.2) is 0 Å². The van der Waals surface area contributed by atoms with E-state index < -0.39 is 0 Å². The molecule has 0 unspecified atom stereocenters. The minimum absolute atomic E-state index is 0. The first kappa shape index (κ1) is 43.0. The molecule has 4 aromatic heterocycles. The summed E-state index contributed by atoms with van der Waals surface area (Å²) >= 11 is 11.6. The van der Waals surface area contributed by atoms with Crippen LogP contribution in [0.2, 0.25) is 0 Å². The minimum Gasteiger partial charge on any atom is -0.490 e. The zero-order valence-corrected chi connectivity index (χ0v) is 33.1. The van der Waals surface area contributed by atoms with Gasteiger partial charge in [-0.3, -0.25) is 0 Å².